The summed E-state index contributed by atoms with van der Waals surface area (Å²) in [6.45, 7) is 0. The number of ether oxygens (including phenoxy) is 1. The Morgan fingerprint density at radius 2 is 1.74 bits per heavy atom. The van der Waals surface area contributed by atoms with Crippen molar-refractivity contribution in [3.63, 3.8) is 0 Å². The highest BCUT2D eigenvalue weighted by molar-refractivity contribution is 8.00. The van der Waals surface area contributed by atoms with Gasteiger partial charge in [-0.25, -0.2) is 0 Å². The second kappa shape index (κ2) is 8.04. The molecular formula is C17H15ClO4S. The zero-order valence-electron chi connectivity index (χ0n) is 12.4. The normalized spacial score (nSPS) is 11.7. The minimum Gasteiger partial charge on any atom is -0.497 e. The molecule has 2 aromatic carbocycles. The smallest absolute Gasteiger partial charge is 0.317 e. The van der Waals surface area contributed by atoms with Crippen molar-refractivity contribution in [1.29, 1.82) is 0 Å². The summed E-state index contributed by atoms with van der Waals surface area (Å²) < 4.78 is 5.06. The van der Waals surface area contributed by atoms with Crippen molar-refractivity contribution >= 4 is 35.1 Å². The Hall–Kier alpha value is -1.98. The molecule has 1 unspecified atom stereocenters. The molecule has 4 nitrogen and oxygen atoms in total. The van der Waals surface area contributed by atoms with Gasteiger partial charge in [-0.2, -0.15) is 0 Å². The maximum Gasteiger partial charge on any atom is 0.317 e. The lowest BCUT2D eigenvalue weighted by atomic mass is 10.1. The van der Waals surface area contributed by atoms with Crippen LogP contribution in [0.5, 0.6) is 5.75 Å². The molecule has 0 bridgehead atoms. The molecule has 23 heavy (non-hydrogen) atoms. The van der Waals surface area contributed by atoms with Gasteiger partial charge < -0.3 is 9.84 Å². The number of carboxylic acids is 1. The summed E-state index contributed by atoms with van der Waals surface area (Å²) in [4.78, 5) is 24.4. The van der Waals surface area contributed by atoms with Crippen LogP contribution in [-0.2, 0) is 4.79 Å². The zero-order valence-corrected chi connectivity index (χ0v) is 13.9. The van der Waals surface area contributed by atoms with E-state index in [-0.39, 0.29) is 12.2 Å². The lowest BCUT2D eigenvalue weighted by Crippen LogP contribution is -2.20. The minimum atomic E-state index is -1.02. The van der Waals surface area contributed by atoms with Gasteiger partial charge in [0.25, 0.3) is 0 Å². The maximum absolute atomic E-state index is 12.2. The van der Waals surface area contributed by atoms with Crippen molar-refractivity contribution in [3.05, 3.63) is 59.1 Å². The molecule has 1 N–H and O–H groups in total. The molecule has 0 aliphatic carbocycles. The molecule has 0 heterocycles. The number of halogens is 1. The van der Waals surface area contributed by atoms with Gasteiger partial charge >= 0.3 is 5.97 Å². The average Bonchev–Trinajstić information content (AvgIpc) is 2.55. The molecular weight excluding hydrogens is 336 g/mol. The number of ketones is 1. The van der Waals surface area contributed by atoms with Gasteiger partial charge in [0, 0.05) is 21.9 Å². The van der Waals surface area contributed by atoms with E-state index in [0.29, 0.717) is 16.3 Å². The molecule has 2 rings (SSSR count). The van der Waals surface area contributed by atoms with E-state index < -0.39 is 11.2 Å². The summed E-state index contributed by atoms with van der Waals surface area (Å²) in [5, 5.41) is 9.03. The molecule has 0 aromatic heterocycles. The fourth-order valence-electron chi connectivity index (χ4n) is 1.92. The number of carbonyl (C=O) groups is 2. The third kappa shape index (κ3) is 5.01. The first kappa shape index (κ1) is 17.4. The van der Waals surface area contributed by atoms with Crippen LogP contribution in [0.2, 0.25) is 5.02 Å². The predicted octanol–water partition coefficient (Wildman–Crippen LogP) is 4.17. The molecule has 0 fully saturated rings. The number of hydrogen-bond donors (Lipinski definition) is 1. The highest BCUT2D eigenvalue weighted by atomic mass is 35.5. The monoisotopic (exact) mass is 350 g/mol. The number of carboxylic acid groups (broad SMARTS) is 1. The Bertz CT molecular complexity index is 683. The standard InChI is InChI=1S/C17H15ClO4S/c1-22-13-6-8-14(9-7-13)23-16(17(20)21)10-15(19)11-2-4-12(18)5-3-11/h2-9,16H,10H2,1H3,(H,20,21). The van der Waals surface area contributed by atoms with Gasteiger partial charge in [-0.3, -0.25) is 9.59 Å². The molecule has 120 valence electrons. The van der Waals surface area contributed by atoms with Crippen LogP contribution in [0.1, 0.15) is 16.8 Å². The summed E-state index contributed by atoms with van der Waals surface area (Å²) in [5.74, 6) is -0.554. The van der Waals surface area contributed by atoms with E-state index in [4.69, 9.17) is 16.3 Å². The number of methoxy groups -OCH3 is 1. The molecule has 0 amide bonds. The average molecular weight is 351 g/mol. The van der Waals surface area contributed by atoms with E-state index >= 15 is 0 Å². The van der Waals surface area contributed by atoms with Crippen LogP contribution in [0.15, 0.2) is 53.4 Å². The molecule has 1 atom stereocenters. The van der Waals surface area contributed by atoms with Crippen LogP contribution in [0.25, 0.3) is 0 Å². The Balaban J connectivity index is 2.07. The molecule has 0 spiro atoms. The lowest BCUT2D eigenvalue weighted by molar-refractivity contribution is -0.136. The van der Waals surface area contributed by atoms with Crippen molar-refractivity contribution in [1.82, 2.24) is 0 Å². The van der Waals surface area contributed by atoms with Gasteiger partial charge in [-0.1, -0.05) is 11.6 Å². The summed E-state index contributed by atoms with van der Waals surface area (Å²) >= 11 is 6.92. The van der Waals surface area contributed by atoms with Crippen LogP contribution >= 0.6 is 23.4 Å². The van der Waals surface area contributed by atoms with Crippen LogP contribution in [0.3, 0.4) is 0 Å². The summed E-state index contributed by atoms with van der Waals surface area (Å²) in [5.41, 5.74) is 0.455. The van der Waals surface area contributed by atoms with Gasteiger partial charge in [-0.15, -0.1) is 11.8 Å². The number of Topliss-reactive ketones (excluding diaryl/α,β-unsaturated/α-hetero) is 1. The molecule has 0 aliphatic heterocycles. The van der Waals surface area contributed by atoms with Crippen LogP contribution in [0, 0.1) is 0 Å². The minimum absolute atomic E-state index is 0.0896. The third-order valence-electron chi connectivity index (χ3n) is 3.15. The van der Waals surface area contributed by atoms with Gasteiger partial charge in [0.2, 0.25) is 0 Å². The highest BCUT2D eigenvalue weighted by Crippen LogP contribution is 2.28. The first-order chi connectivity index (χ1) is 11.0. The van der Waals surface area contributed by atoms with Crippen molar-refractivity contribution in [2.75, 3.05) is 7.11 Å². The second-order valence-corrected chi connectivity index (χ2v) is 6.47. The van der Waals surface area contributed by atoms with E-state index in [1.165, 1.54) is 0 Å². The van der Waals surface area contributed by atoms with Gasteiger partial charge in [0.05, 0.1) is 7.11 Å². The fraction of sp³-hybridized carbons (Fsp3) is 0.176. The van der Waals surface area contributed by atoms with Crippen LogP contribution < -0.4 is 4.74 Å². The highest BCUT2D eigenvalue weighted by Gasteiger charge is 2.23. The van der Waals surface area contributed by atoms with Gasteiger partial charge in [0.1, 0.15) is 11.0 Å². The Morgan fingerprint density at radius 1 is 1.13 bits per heavy atom. The van der Waals surface area contributed by atoms with E-state index in [1.807, 2.05) is 0 Å². The Morgan fingerprint density at radius 3 is 2.26 bits per heavy atom. The van der Waals surface area contributed by atoms with Gasteiger partial charge in [0.15, 0.2) is 5.78 Å². The van der Waals surface area contributed by atoms with E-state index in [1.54, 1.807) is 55.6 Å². The SMILES string of the molecule is COc1ccc(SC(CC(=O)c2ccc(Cl)cc2)C(=O)O)cc1. The summed E-state index contributed by atoms with van der Waals surface area (Å²) in [7, 11) is 1.56. The van der Waals surface area contributed by atoms with Crippen LogP contribution in [0.4, 0.5) is 0 Å². The van der Waals surface area contributed by atoms with Crippen molar-refractivity contribution in [3.8, 4) is 5.75 Å². The zero-order chi connectivity index (χ0) is 16.8. The molecule has 0 saturated heterocycles. The number of rotatable bonds is 7. The molecule has 0 aliphatic rings. The lowest BCUT2D eigenvalue weighted by Gasteiger charge is -2.12. The number of aliphatic carboxylic acids is 1. The molecule has 2 aromatic rings. The quantitative estimate of drug-likeness (QED) is 0.600. The number of benzene rings is 2. The van der Waals surface area contributed by atoms with Crippen LogP contribution in [-0.4, -0.2) is 29.2 Å². The second-order valence-electron chi connectivity index (χ2n) is 4.75. The predicted molar refractivity (Wildman–Crippen MR) is 90.7 cm³/mol. The summed E-state index contributed by atoms with van der Waals surface area (Å²) in [6.07, 6.45) is -0.0896. The Kier molecular flexibility index (Phi) is 6.07. The van der Waals surface area contributed by atoms with Crippen molar-refractivity contribution < 1.29 is 19.4 Å². The fourth-order valence-corrected chi connectivity index (χ4v) is 3.00. The van der Waals surface area contributed by atoms with Gasteiger partial charge in [-0.05, 0) is 48.5 Å². The third-order valence-corrected chi connectivity index (χ3v) is 4.60. The number of thioether (sulfide) groups is 1. The van der Waals surface area contributed by atoms with Crippen molar-refractivity contribution in [2.45, 2.75) is 16.6 Å². The maximum atomic E-state index is 12.2. The molecule has 6 heteroatoms. The molecule has 0 radical (unpaired) electrons. The van der Waals surface area contributed by atoms with Crippen molar-refractivity contribution in [2.24, 2.45) is 0 Å². The summed E-state index contributed by atoms with van der Waals surface area (Å²) in [6, 6.07) is 13.5. The topological polar surface area (TPSA) is 63.6 Å². The Labute approximate surface area is 143 Å². The number of hydrogen-bond acceptors (Lipinski definition) is 4. The molecule has 0 saturated carbocycles. The largest absolute Gasteiger partial charge is 0.497 e. The first-order valence-corrected chi connectivity index (χ1v) is 8.07. The first-order valence-electron chi connectivity index (χ1n) is 6.82. The van der Waals surface area contributed by atoms with E-state index in [9.17, 15) is 14.7 Å². The number of carbonyl (C=O) groups excluding carboxylic acids is 1. The van der Waals surface area contributed by atoms with E-state index in [0.717, 1.165) is 16.7 Å². The van der Waals surface area contributed by atoms with E-state index in [2.05, 4.69) is 0 Å².